The molecule has 17 heavy (non-hydrogen) atoms. The molecule has 6 heteroatoms. The zero-order valence-electron chi connectivity index (χ0n) is 9.24. The number of nitrogens with two attached hydrogens (primary N) is 1. The van der Waals surface area contributed by atoms with E-state index < -0.39 is 5.91 Å². The van der Waals surface area contributed by atoms with Gasteiger partial charge in [-0.05, 0) is 47.7 Å². The topological polar surface area (TPSA) is 63.4 Å². The van der Waals surface area contributed by atoms with Crippen molar-refractivity contribution in [2.24, 2.45) is 5.73 Å². The Bertz CT molecular complexity index is 451. The van der Waals surface area contributed by atoms with E-state index in [0.717, 1.165) is 8.04 Å². The van der Waals surface area contributed by atoms with Gasteiger partial charge in [0.2, 0.25) is 5.91 Å². The van der Waals surface area contributed by atoms with Crippen molar-refractivity contribution in [1.29, 1.82) is 0 Å². The number of primary amides is 1. The number of nitrogens with zero attached hydrogens (tertiary/aromatic N) is 1. The fourth-order valence-electron chi connectivity index (χ4n) is 1.35. The van der Waals surface area contributed by atoms with Gasteiger partial charge in [-0.25, -0.2) is 0 Å². The Kier molecular flexibility index (Phi) is 5.38. The highest BCUT2D eigenvalue weighted by Gasteiger charge is 2.18. The van der Waals surface area contributed by atoms with Crippen LogP contribution in [0.3, 0.4) is 0 Å². The molecule has 0 heterocycles. The molecule has 0 saturated heterocycles. The summed E-state index contributed by atoms with van der Waals surface area (Å²) in [7, 11) is 0. The Morgan fingerprint density at radius 2 is 2.12 bits per heavy atom. The molecule has 0 bridgehead atoms. The van der Waals surface area contributed by atoms with Crippen molar-refractivity contribution in [3.8, 4) is 0 Å². The van der Waals surface area contributed by atoms with Gasteiger partial charge in [0, 0.05) is 14.6 Å². The minimum absolute atomic E-state index is 0.0576. The molecule has 1 rings (SSSR count). The number of hydrogen-bond donors (Lipinski definition) is 1. The number of benzene rings is 1. The molecule has 2 amide bonds. The Morgan fingerprint density at radius 1 is 1.47 bits per heavy atom. The second-order valence-electron chi connectivity index (χ2n) is 3.41. The number of carbonyl (C=O) groups excluding carboxylic acids is 2. The van der Waals surface area contributed by atoms with Gasteiger partial charge in [0.1, 0.15) is 0 Å². The summed E-state index contributed by atoms with van der Waals surface area (Å²) in [5, 5.41) is 0. The minimum atomic E-state index is -0.509. The summed E-state index contributed by atoms with van der Waals surface area (Å²) in [6, 6.07) is 5.45. The van der Waals surface area contributed by atoms with Crippen LogP contribution in [0.5, 0.6) is 0 Å². The van der Waals surface area contributed by atoms with Crippen LogP contribution in [0.1, 0.15) is 17.3 Å². The van der Waals surface area contributed by atoms with Gasteiger partial charge in [-0.15, -0.1) is 0 Å². The molecule has 0 saturated carbocycles. The van der Waals surface area contributed by atoms with Gasteiger partial charge in [-0.1, -0.05) is 15.9 Å². The first kappa shape index (κ1) is 14.4. The quantitative estimate of drug-likeness (QED) is 0.771. The average molecular weight is 411 g/mol. The lowest BCUT2D eigenvalue weighted by atomic mass is 10.2. The van der Waals surface area contributed by atoms with Crippen molar-refractivity contribution in [3.05, 3.63) is 31.8 Å². The Labute approximate surface area is 122 Å². The fraction of sp³-hybridized carbons (Fsp3) is 0.273. The summed E-state index contributed by atoms with van der Waals surface area (Å²) in [5.74, 6) is -0.692. The van der Waals surface area contributed by atoms with E-state index >= 15 is 0 Å². The molecule has 0 aliphatic rings. The van der Waals surface area contributed by atoms with E-state index in [1.807, 2.05) is 19.1 Å². The molecule has 0 radical (unpaired) electrons. The first-order valence-corrected chi connectivity index (χ1v) is 6.85. The molecular formula is C11H12BrIN2O2. The molecule has 0 fully saturated rings. The predicted molar refractivity (Wildman–Crippen MR) is 77.6 cm³/mol. The molecule has 92 valence electrons. The van der Waals surface area contributed by atoms with E-state index in [1.165, 1.54) is 4.90 Å². The molecule has 2 N–H and O–H groups in total. The Hall–Kier alpha value is -0.630. The second-order valence-corrected chi connectivity index (χ2v) is 5.49. The monoisotopic (exact) mass is 410 g/mol. The molecule has 0 aliphatic carbocycles. The van der Waals surface area contributed by atoms with E-state index in [9.17, 15) is 9.59 Å². The minimum Gasteiger partial charge on any atom is -0.368 e. The van der Waals surface area contributed by atoms with Crippen LogP contribution in [-0.4, -0.2) is 29.8 Å². The van der Waals surface area contributed by atoms with E-state index in [2.05, 4.69) is 38.5 Å². The van der Waals surface area contributed by atoms with Crippen molar-refractivity contribution in [2.45, 2.75) is 6.92 Å². The highest BCUT2D eigenvalue weighted by molar-refractivity contribution is 14.1. The highest BCUT2D eigenvalue weighted by atomic mass is 127. The van der Waals surface area contributed by atoms with E-state index in [0.29, 0.717) is 12.1 Å². The Balaban J connectivity index is 3.01. The van der Waals surface area contributed by atoms with Crippen LogP contribution in [0.15, 0.2) is 22.7 Å². The van der Waals surface area contributed by atoms with Crippen molar-refractivity contribution in [2.75, 3.05) is 13.1 Å². The van der Waals surface area contributed by atoms with Gasteiger partial charge in [-0.3, -0.25) is 9.59 Å². The molecule has 0 aliphatic heterocycles. The largest absolute Gasteiger partial charge is 0.368 e. The summed E-state index contributed by atoms with van der Waals surface area (Å²) < 4.78 is 1.68. The highest BCUT2D eigenvalue weighted by Crippen LogP contribution is 2.19. The van der Waals surface area contributed by atoms with Crippen molar-refractivity contribution >= 4 is 50.3 Å². The van der Waals surface area contributed by atoms with Crippen LogP contribution in [0.4, 0.5) is 0 Å². The maximum absolute atomic E-state index is 12.2. The molecule has 0 aromatic heterocycles. The van der Waals surface area contributed by atoms with E-state index in [1.54, 1.807) is 6.07 Å². The van der Waals surface area contributed by atoms with Gasteiger partial charge in [0.05, 0.1) is 12.1 Å². The van der Waals surface area contributed by atoms with Crippen molar-refractivity contribution in [1.82, 2.24) is 4.90 Å². The van der Waals surface area contributed by atoms with E-state index in [4.69, 9.17) is 5.73 Å². The van der Waals surface area contributed by atoms with Crippen LogP contribution >= 0.6 is 38.5 Å². The lowest BCUT2D eigenvalue weighted by Gasteiger charge is -2.19. The maximum Gasteiger partial charge on any atom is 0.255 e. The third-order valence-corrected chi connectivity index (χ3v) is 3.61. The van der Waals surface area contributed by atoms with Crippen LogP contribution in [0.2, 0.25) is 0 Å². The molecule has 0 spiro atoms. The number of likely N-dealkylation sites (N-methyl/N-ethyl adjacent to an activating group) is 1. The average Bonchev–Trinajstić information content (AvgIpc) is 2.28. The van der Waals surface area contributed by atoms with Gasteiger partial charge in [0.15, 0.2) is 0 Å². The number of carbonyl (C=O) groups is 2. The molecule has 4 nitrogen and oxygen atoms in total. The van der Waals surface area contributed by atoms with Gasteiger partial charge in [-0.2, -0.15) is 0 Å². The zero-order valence-corrected chi connectivity index (χ0v) is 13.0. The number of amides is 2. The normalized spacial score (nSPS) is 10.1. The van der Waals surface area contributed by atoms with E-state index in [-0.39, 0.29) is 12.5 Å². The van der Waals surface area contributed by atoms with Crippen molar-refractivity contribution in [3.63, 3.8) is 0 Å². The molecule has 0 atom stereocenters. The van der Waals surface area contributed by atoms with Crippen LogP contribution in [0.25, 0.3) is 0 Å². The standard InChI is InChI=1S/C11H12BrIN2O2/c1-2-15(6-10(14)16)11(17)8-5-7(12)3-4-9(8)13/h3-5H,2,6H2,1H3,(H2,14,16). The molecule has 1 aromatic rings. The SMILES string of the molecule is CCN(CC(N)=O)C(=O)c1cc(Br)ccc1I. The first-order chi connectivity index (χ1) is 7.95. The summed E-state index contributed by atoms with van der Waals surface area (Å²) in [6.07, 6.45) is 0. The van der Waals surface area contributed by atoms with Crippen LogP contribution in [-0.2, 0) is 4.79 Å². The fourth-order valence-corrected chi connectivity index (χ4v) is 2.27. The third kappa shape index (κ3) is 3.95. The van der Waals surface area contributed by atoms with Crippen LogP contribution in [0, 0.1) is 3.57 Å². The lowest BCUT2D eigenvalue weighted by Crippen LogP contribution is -2.38. The van der Waals surface area contributed by atoms with Crippen LogP contribution < -0.4 is 5.73 Å². The van der Waals surface area contributed by atoms with Gasteiger partial charge in [0.25, 0.3) is 5.91 Å². The number of hydrogen-bond acceptors (Lipinski definition) is 2. The smallest absolute Gasteiger partial charge is 0.255 e. The number of rotatable bonds is 4. The maximum atomic E-state index is 12.2. The zero-order chi connectivity index (χ0) is 13.0. The Morgan fingerprint density at radius 3 is 2.65 bits per heavy atom. The summed E-state index contributed by atoms with van der Waals surface area (Å²) in [4.78, 5) is 24.5. The third-order valence-electron chi connectivity index (χ3n) is 2.17. The lowest BCUT2D eigenvalue weighted by molar-refractivity contribution is -0.118. The summed E-state index contributed by atoms with van der Waals surface area (Å²) in [5.41, 5.74) is 5.68. The molecular weight excluding hydrogens is 399 g/mol. The van der Waals surface area contributed by atoms with Crippen molar-refractivity contribution < 1.29 is 9.59 Å². The van der Waals surface area contributed by atoms with Gasteiger partial charge >= 0.3 is 0 Å². The molecule has 0 unspecified atom stereocenters. The first-order valence-electron chi connectivity index (χ1n) is 4.98. The second kappa shape index (κ2) is 6.34. The number of halogens is 2. The summed E-state index contributed by atoms with van der Waals surface area (Å²) in [6.45, 7) is 2.20. The van der Waals surface area contributed by atoms with Gasteiger partial charge < -0.3 is 10.6 Å². The molecule has 1 aromatic carbocycles. The predicted octanol–water partition coefficient (Wildman–Crippen LogP) is 2.00. The summed E-state index contributed by atoms with van der Waals surface area (Å²) >= 11 is 5.41.